The number of nitrogens with two attached hydrogens (primary N) is 1. The first-order chi connectivity index (χ1) is 8.01. The lowest BCUT2D eigenvalue weighted by atomic mass is 10.0. The summed E-state index contributed by atoms with van der Waals surface area (Å²) in [5.41, 5.74) is 6.86. The molecular weight excluding hydrogens is 236 g/mol. The van der Waals surface area contributed by atoms with Gasteiger partial charge in [0.25, 0.3) is 0 Å². The van der Waals surface area contributed by atoms with Gasteiger partial charge in [-0.05, 0) is 24.1 Å². The Kier molecular flexibility index (Phi) is 5.09. The highest BCUT2D eigenvalue weighted by molar-refractivity contribution is 6.32. The van der Waals surface area contributed by atoms with Crippen molar-refractivity contribution in [2.75, 3.05) is 25.6 Å². The van der Waals surface area contributed by atoms with Crippen LogP contribution in [0, 0.1) is 5.92 Å². The monoisotopic (exact) mass is 256 g/mol. The quantitative estimate of drug-likeness (QED) is 0.881. The number of benzene rings is 1. The third kappa shape index (κ3) is 3.27. The molecule has 0 heterocycles. The van der Waals surface area contributed by atoms with Crippen LogP contribution < -0.4 is 15.4 Å². The van der Waals surface area contributed by atoms with Gasteiger partial charge in [-0.15, -0.1) is 0 Å². The number of halogens is 1. The summed E-state index contributed by atoms with van der Waals surface area (Å²) >= 11 is 6.12. The van der Waals surface area contributed by atoms with Gasteiger partial charge in [-0.3, -0.25) is 0 Å². The molecule has 2 N–H and O–H groups in total. The second kappa shape index (κ2) is 6.12. The molecule has 0 amide bonds. The number of methoxy groups -OCH3 is 1. The van der Waals surface area contributed by atoms with Gasteiger partial charge in [-0.2, -0.15) is 0 Å². The van der Waals surface area contributed by atoms with Gasteiger partial charge in [0.1, 0.15) is 5.75 Å². The summed E-state index contributed by atoms with van der Waals surface area (Å²) in [5, 5.41) is 0.622. The topological polar surface area (TPSA) is 38.5 Å². The highest BCUT2D eigenvalue weighted by atomic mass is 35.5. The van der Waals surface area contributed by atoms with Crippen molar-refractivity contribution in [2.24, 2.45) is 11.7 Å². The van der Waals surface area contributed by atoms with E-state index in [2.05, 4.69) is 18.7 Å². The summed E-state index contributed by atoms with van der Waals surface area (Å²) in [6.07, 6.45) is 0. The van der Waals surface area contributed by atoms with Crippen molar-refractivity contribution in [3.63, 3.8) is 0 Å². The van der Waals surface area contributed by atoms with Gasteiger partial charge in [0.15, 0.2) is 0 Å². The van der Waals surface area contributed by atoms with Crippen LogP contribution in [0.4, 0.5) is 5.69 Å². The maximum Gasteiger partial charge on any atom is 0.137 e. The minimum Gasteiger partial charge on any atom is -0.495 e. The predicted molar refractivity (Wildman–Crippen MR) is 74.1 cm³/mol. The first-order valence-electron chi connectivity index (χ1n) is 5.77. The molecule has 1 aromatic carbocycles. The number of hydrogen-bond acceptors (Lipinski definition) is 3. The van der Waals surface area contributed by atoms with Crippen molar-refractivity contribution >= 4 is 17.3 Å². The number of ether oxygens (including phenoxy) is 1. The van der Waals surface area contributed by atoms with Gasteiger partial charge in [-0.1, -0.05) is 25.4 Å². The summed E-state index contributed by atoms with van der Waals surface area (Å²) in [4.78, 5) is 2.16. The lowest BCUT2D eigenvalue weighted by molar-refractivity contribution is 0.415. The van der Waals surface area contributed by atoms with Gasteiger partial charge in [0.05, 0.1) is 12.1 Å². The van der Waals surface area contributed by atoms with Crippen LogP contribution in [0.15, 0.2) is 18.2 Å². The van der Waals surface area contributed by atoms with Crippen LogP contribution in [0.2, 0.25) is 5.02 Å². The Morgan fingerprint density at radius 3 is 2.47 bits per heavy atom. The first-order valence-corrected chi connectivity index (χ1v) is 6.15. The van der Waals surface area contributed by atoms with Crippen LogP contribution in [0.25, 0.3) is 0 Å². The zero-order valence-electron chi connectivity index (χ0n) is 10.9. The van der Waals surface area contributed by atoms with Crippen molar-refractivity contribution in [1.82, 2.24) is 0 Å². The molecule has 1 atom stereocenters. The van der Waals surface area contributed by atoms with Gasteiger partial charge >= 0.3 is 0 Å². The molecule has 1 aromatic rings. The van der Waals surface area contributed by atoms with Crippen LogP contribution in [0.3, 0.4) is 0 Å². The normalized spacial score (nSPS) is 12.6. The van der Waals surface area contributed by atoms with Crippen molar-refractivity contribution in [3.8, 4) is 5.75 Å². The molecule has 4 heteroatoms. The minimum atomic E-state index is 0.305. The fraction of sp³-hybridized carbons (Fsp3) is 0.538. The number of likely N-dealkylation sites (N-methyl/N-ethyl adjacent to an activating group) is 1. The Morgan fingerprint density at radius 2 is 2.06 bits per heavy atom. The van der Waals surface area contributed by atoms with E-state index in [9.17, 15) is 0 Å². The van der Waals surface area contributed by atoms with E-state index in [0.717, 1.165) is 5.69 Å². The molecule has 0 radical (unpaired) electrons. The van der Waals surface area contributed by atoms with Crippen molar-refractivity contribution < 1.29 is 4.74 Å². The molecule has 17 heavy (non-hydrogen) atoms. The Morgan fingerprint density at radius 1 is 1.41 bits per heavy atom. The van der Waals surface area contributed by atoms with Crippen LogP contribution in [0.5, 0.6) is 5.75 Å². The van der Waals surface area contributed by atoms with Gasteiger partial charge in [0.2, 0.25) is 0 Å². The van der Waals surface area contributed by atoms with E-state index >= 15 is 0 Å². The molecule has 0 saturated carbocycles. The molecule has 0 bridgehead atoms. The Balaban J connectivity index is 2.95. The Hall–Kier alpha value is -0.930. The smallest absolute Gasteiger partial charge is 0.137 e. The highest BCUT2D eigenvalue weighted by Crippen LogP contribution is 2.30. The molecule has 0 aromatic heterocycles. The lowest BCUT2D eigenvalue weighted by Crippen LogP contribution is -2.41. The molecule has 0 spiro atoms. The number of hydrogen-bond donors (Lipinski definition) is 1. The Labute approximate surface area is 109 Å². The van der Waals surface area contributed by atoms with E-state index in [1.165, 1.54) is 0 Å². The lowest BCUT2D eigenvalue weighted by Gasteiger charge is -2.32. The molecule has 0 aliphatic rings. The van der Waals surface area contributed by atoms with E-state index in [-0.39, 0.29) is 0 Å². The summed E-state index contributed by atoms with van der Waals surface area (Å²) in [6.45, 7) is 4.95. The Bertz CT molecular complexity index is 368. The fourth-order valence-electron chi connectivity index (χ4n) is 1.94. The standard InChI is InChI=1S/C13H21ClN2O/c1-9(2)12(8-15)16(3)10-5-6-13(17-4)11(14)7-10/h5-7,9,12H,8,15H2,1-4H3. The predicted octanol–water partition coefficient (Wildman–Crippen LogP) is 2.77. The molecule has 1 rings (SSSR count). The van der Waals surface area contributed by atoms with Crippen LogP contribution in [0.1, 0.15) is 13.8 Å². The molecule has 0 aliphatic heterocycles. The van der Waals surface area contributed by atoms with Crippen molar-refractivity contribution in [3.05, 3.63) is 23.2 Å². The summed E-state index contributed by atoms with van der Waals surface area (Å²) in [7, 11) is 3.65. The SMILES string of the molecule is COc1ccc(N(C)C(CN)C(C)C)cc1Cl. The summed E-state index contributed by atoms with van der Waals surface area (Å²) < 4.78 is 5.14. The van der Waals surface area contributed by atoms with E-state index < -0.39 is 0 Å². The average molecular weight is 257 g/mol. The number of anilines is 1. The second-order valence-corrected chi connectivity index (χ2v) is 4.88. The third-order valence-corrected chi connectivity index (χ3v) is 3.35. The zero-order chi connectivity index (χ0) is 13.0. The van der Waals surface area contributed by atoms with Crippen molar-refractivity contribution in [1.29, 1.82) is 0 Å². The van der Waals surface area contributed by atoms with Gasteiger partial charge in [0, 0.05) is 25.3 Å². The second-order valence-electron chi connectivity index (χ2n) is 4.48. The van der Waals surface area contributed by atoms with Crippen LogP contribution in [-0.2, 0) is 0 Å². The summed E-state index contributed by atoms with van der Waals surface area (Å²) in [6, 6.07) is 6.09. The fourth-order valence-corrected chi connectivity index (χ4v) is 2.20. The first kappa shape index (κ1) is 14.1. The minimum absolute atomic E-state index is 0.305. The average Bonchev–Trinajstić information content (AvgIpc) is 2.29. The molecule has 0 saturated heterocycles. The van der Waals surface area contributed by atoms with Crippen LogP contribution >= 0.6 is 11.6 Å². The maximum atomic E-state index is 6.12. The summed E-state index contributed by atoms with van der Waals surface area (Å²) in [5.74, 6) is 1.18. The molecule has 3 nitrogen and oxygen atoms in total. The van der Waals surface area contributed by atoms with Crippen LogP contribution in [-0.4, -0.2) is 26.7 Å². The maximum absolute atomic E-state index is 6.12. The van der Waals surface area contributed by atoms with E-state index in [0.29, 0.717) is 29.3 Å². The molecule has 0 aliphatic carbocycles. The van der Waals surface area contributed by atoms with E-state index in [1.807, 2.05) is 25.2 Å². The van der Waals surface area contributed by atoms with Gasteiger partial charge in [-0.25, -0.2) is 0 Å². The van der Waals surface area contributed by atoms with Crippen molar-refractivity contribution in [2.45, 2.75) is 19.9 Å². The molecule has 1 unspecified atom stereocenters. The largest absolute Gasteiger partial charge is 0.495 e. The van der Waals surface area contributed by atoms with Gasteiger partial charge < -0.3 is 15.4 Å². The number of rotatable bonds is 5. The number of nitrogens with zero attached hydrogens (tertiary/aromatic N) is 1. The molecule has 0 fully saturated rings. The molecular formula is C13H21ClN2O. The zero-order valence-corrected chi connectivity index (χ0v) is 11.7. The highest BCUT2D eigenvalue weighted by Gasteiger charge is 2.18. The third-order valence-electron chi connectivity index (χ3n) is 3.05. The van der Waals surface area contributed by atoms with E-state index in [4.69, 9.17) is 22.1 Å². The van der Waals surface area contributed by atoms with E-state index in [1.54, 1.807) is 7.11 Å². The molecule has 96 valence electrons.